The first-order valence-electron chi connectivity index (χ1n) is 11.8. The smallest absolute Gasteiger partial charge is 0.347 e. The summed E-state index contributed by atoms with van der Waals surface area (Å²) in [5.41, 5.74) is 4.16. The van der Waals surface area contributed by atoms with Crippen LogP contribution in [0.3, 0.4) is 0 Å². The molecule has 1 aliphatic rings. The van der Waals surface area contributed by atoms with Crippen molar-refractivity contribution in [1.82, 2.24) is 5.32 Å². The van der Waals surface area contributed by atoms with Gasteiger partial charge in [0.1, 0.15) is 5.75 Å². The molecule has 1 aliphatic heterocycles. The molecule has 186 valence electrons. The standard InChI is InChI=1S/C26H32N4O4S/c1-5-6-7-8-13-34-20-11-9-19(10-12-20)27-25(33)30-26-29-24(32)22(35-26)23(31)28-21-17(3)14-16(2)15-18(21)4/h9-12,14-15,22H,5-8,13H2,1-4H3,(H,28,31)(H2,27,29,30,32,33). The van der Waals surface area contributed by atoms with Crippen LogP contribution in [0.5, 0.6) is 5.75 Å². The Bertz CT molecular complexity index is 1090. The van der Waals surface area contributed by atoms with Crippen molar-refractivity contribution >= 4 is 46.1 Å². The van der Waals surface area contributed by atoms with Gasteiger partial charge in [0.2, 0.25) is 11.8 Å². The fourth-order valence-corrected chi connectivity index (χ4v) is 4.61. The fourth-order valence-electron chi connectivity index (χ4n) is 3.76. The summed E-state index contributed by atoms with van der Waals surface area (Å²) >= 11 is 0.913. The molecule has 35 heavy (non-hydrogen) atoms. The highest BCUT2D eigenvalue weighted by atomic mass is 32.2. The van der Waals surface area contributed by atoms with Gasteiger partial charge in [0, 0.05) is 11.4 Å². The number of amidine groups is 1. The Morgan fingerprint density at radius 2 is 1.71 bits per heavy atom. The van der Waals surface area contributed by atoms with Crippen LogP contribution in [0.4, 0.5) is 16.2 Å². The second-order valence-electron chi connectivity index (χ2n) is 8.53. The van der Waals surface area contributed by atoms with E-state index in [1.165, 1.54) is 12.8 Å². The van der Waals surface area contributed by atoms with Crippen LogP contribution in [-0.4, -0.2) is 34.9 Å². The molecule has 2 aromatic carbocycles. The van der Waals surface area contributed by atoms with Gasteiger partial charge >= 0.3 is 6.03 Å². The number of nitrogens with zero attached hydrogens (tertiary/aromatic N) is 1. The maximum Gasteiger partial charge on any atom is 0.347 e. The van der Waals surface area contributed by atoms with Gasteiger partial charge in [0.05, 0.1) is 6.61 Å². The minimum absolute atomic E-state index is 0.0806. The average Bonchev–Trinajstić information content (AvgIpc) is 3.16. The van der Waals surface area contributed by atoms with E-state index in [0.29, 0.717) is 18.0 Å². The number of hydrogen-bond acceptors (Lipinski definition) is 5. The molecule has 1 unspecified atom stereocenters. The Kier molecular flexibility index (Phi) is 9.31. The topological polar surface area (TPSA) is 109 Å². The predicted octanol–water partition coefficient (Wildman–Crippen LogP) is 5.33. The second-order valence-corrected chi connectivity index (χ2v) is 9.62. The number of urea groups is 1. The van der Waals surface area contributed by atoms with Crippen LogP contribution in [0.2, 0.25) is 0 Å². The van der Waals surface area contributed by atoms with Crippen molar-refractivity contribution < 1.29 is 19.1 Å². The zero-order valence-corrected chi connectivity index (χ0v) is 21.4. The van der Waals surface area contributed by atoms with Crippen LogP contribution in [0.15, 0.2) is 41.4 Å². The third-order valence-corrected chi connectivity index (χ3v) is 6.52. The summed E-state index contributed by atoms with van der Waals surface area (Å²) in [6, 6.07) is 10.3. The lowest BCUT2D eigenvalue weighted by Gasteiger charge is -2.14. The van der Waals surface area contributed by atoms with E-state index < -0.39 is 23.1 Å². The molecule has 0 spiro atoms. The van der Waals surface area contributed by atoms with Gasteiger partial charge < -0.3 is 20.7 Å². The van der Waals surface area contributed by atoms with E-state index in [-0.39, 0.29) is 5.17 Å². The highest BCUT2D eigenvalue weighted by molar-refractivity contribution is 8.16. The molecule has 3 N–H and O–H groups in total. The summed E-state index contributed by atoms with van der Waals surface area (Å²) < 4.78 is 5.70. The number of hydrogen-bond donors (Lipinski definition) is 3. The lowest BCUT2D eigenvalue weighted by molar-refractivity contribution is -0.124. The SMILES string of the molecule is CCCCCCOc1ccc(NC(=O)N=C2NC(=O)C(C(=O)Nc3c(C)cc(C)cc3C)S2)cc1. The monoisotopic (exact) mass is 496 g/mol. The molecular weight excluding hydrogens is 464 g/mol. The number of carbonyl (C=O) groups excluding carboxylic acids is 3. The maximum absolute atomic E-state index is 12.7. The lowest BCUT2D eigenvalue weighted by atomic mass is 10.0. The third kappa shape index (κ3) is 7.58. The van der Waals surface area contributed by atoms with Crippen LogP contribution in [0.25, 0.3) is 0 Å². The molecule has 0 saturated carbocycles. The number of amides is 4. The van der Waals surface area contributed by atoms with E-state index in [1.54, 1.807) is 24.3 Å². The minimum atomic E-state index is -1.03. The molecule has 0 bridgehead atoms. The van der Waals surface area contributed by atoms with Crippen molar-refractivity contribution in [3.8, 4) is 5.75 Å². The fraction of sp³-hybridized carbons (Fsp3) is 0.385. The number of carbonyl (C=O) groups is 3. The first-order valence-corrected chi connectivity index (χ1v) is 12.6. The van der Waals surface area contributed by atoms with Gasteiger partial charge in [-0.3, -0.25) is 9.59 Å². The molecule has 2 aromatic rings. The van der Waals surface area contributed by atoms with Crippen LogP contribution in [-0.2, 0) is 9.59 Å². The number of unbranched alkanes of at least 4 members (excludes halogenated alkanes) is 3. The zero-order valence-electron chi connectivity index (χ0n) is 20.6. The zero-order chi connectivity index (χ0) is 25.4. The maximum atomic E-state index is 12.7. The Balaban J connectivity index is 1.53. The molecule has 1 fully saturated rings. The number of aryl methyl sites for hydroxylation is 3. The molecule has 1 heterocycles. The van der Waals surface area contributed by atoms with Gasteiger partial charge in [-0.15, -0.1) is 0 Å². The summed E-state index contributed by atoms with van der Waals surface area (Å²) in [6.07, 6.45) is 4.54. The number of anilines is 2. The minimum Gasteiger partial charge on any atom is -0.494 e. The summed E-state index contributed by atoms with van der Waals surface area (Å²) in [7, 11) is 0. The lowest BCUT2D eigenvalue weighted by Crippen LogP contribution is -2.34. The summed E-state index contributed by atoms with van der Waals surface area (Å²) in [6.45, 7) is 8.62. The number of thioether (sulfide) groups is 1. The van der Waals surface area contributed by atoms with Gasteiger partial charge in [0.15, 0.2) is 10.4 Å². The highest BCUT2D eigenvalue weighted by Gasteiger charge is 2.37. The van der Waals surface area contributed by atoms with Crippen LogP contribution >= 0.6 is 11.8 Å². The summed E-state index contributed by atoms with van der Waals surface area (Å²) in [5, 5.41) is 7.04. The predicted molar refractivity (Wildman–Crippen MR) is 141 cm³/mol. The van der Waals surface area contributed by atoms with E-state index in [9.17, 15) is 14.4 Å². The van der Waals surface area contributed by atoms with E-state index in [1.807, 2.05) is 32.9 Å². The van der Waals surface area contributed by atoms with Gasteiger partial charge in [-0.1, -0.05) is 55.6 Å². The van der Waals surface area contributed by atoms with Gasteiger partial charge in [-0.25, -0.2) is 4.79 Å². The molecule has 4 amide bonds. The summed E-state index contributed by atoms with van der Waals surface area (Å²) in [5.74, 6) is -0.238. The number of rotatable bonds is 9. The second kappa shape index (κ2) is 12.4. The molecule has 1 atom stereocenters. The first-order chi connectivity index (χ1) is 16.8. The van der Waals surface area contributed by atoms with Crippen molar-refractivity contribution in [2.45, 2.75) is 58.6 Å². The molecule has 0 aliphatic carbocycles. The van der Waals surface area contributed by atoms with Gasteiger partial charge in [-0.2, -0.15) is 4.99 Å². The Hall–Kier alpha value is -3.33. The van der Waals surface area contributed by atoms with Crippen molar-refractivity contribution in [3.63, 3.8) is 0 Å². The molecule has 3 rings (SSSR count). The van der Waals surface area contributed by atoms with E-state index in [2.05, 4.69) is 27.9 Å². The molecule has 0 radical (unpaired) electrons. The Morgan fingerprint density at radius 1 is 1.03 bits per heavy atom. The Labute approximate surface area is 210 Å². The quantitative estimate of drug-likeness (QED) is 0.321. The van der Waals surface area contributed by atoms with Crippen LogP contribution in [0, 0.1) is 20.8 Å². The van der Waals surface area contributed by atoms with Crippen molar-refractivity contribution in [3.05, 3.63) is 53.1 Å². The van der Waals surface area contributed by atoms with Gasteiger partial charge in [0.25, 0.3) is 0 Å². The average molecular weight is 497 g/mol. The molecule has 9 heteroatoms. The summed E-state index contributed by atoms with van der Waals surface area (Å²) in [4.78, 5) is 41.3. The Morgan fingerprint density at radius 3 is 2.37 bits per heavy atom. The molecule has 0 aromatic heterocycles. The molecule has 1 saturated heterocycles. The molecule has 8 nitrogen and oxygen atoms in total. The number of benzene rings is 2. The number of ether oxygens (including phenoxy) is 1. The van der Waals surface area contributed by atoms with Crippen molar-refractivity contribution in [2.75, 3.05) is 17.2 Å². The van der Waals surface area contributed by atoms with Crippen LogP contribution in [0.1, 0.15) is 49.3 Å². The highest BCUT2D eigenvalue weighted by Crippen LogP contribution is 2.26. The first kappa shape index (κ1) is 26.3. The van der Waals surface area contributed by atoms with Crippen molar-refractivity contribution in [2.24, 2.45) is 4.99 Å². The number of aliphatic imine (C=N–C) groups is 1. The van der Waals surface area contributed by atoms with E-state index in [0.717, 1.165) is 47.0 Å². The van der Waals surface area contributed by atoms with E-state index in [4.69, 9.17) is 4.74 Å². The third-order valence-electron chi connectivity index (χ3n) is 5.44. The largest absolute Gasteiger partial charge is 0.494 e. The normalized spacial score (nSPS) is 16.2. The molecular formula is C26H32N4O4S. The number of nitrogens with one attached hydrogen (secondary N) is 3. The van der Waals surface area contributed by atoms with Gasteiger partial charge in [-0.05, 0) is 62.6 Å². The van der Waals surface area contributed by atoms with Crippen molar-refractivity contribution in [1.29, 1.82) is 0 Å². The van der Waals surface area contributed by atoms with E-state index >= 15 is 0 Å². The van der Waals surface area contributed by atoms with Crippen LogP contribution < -0.4 is 20.7 Å².